The first-order valence-electron chi connectivity index (χ1n) is 10.1. The van der Waals surface area contributed by atoms with Gasteiger partial charge in [-0.25, -0.2) is 8.42 Å². The Hall–Kier alpha value is -3.38. The average molecular weight is 480 g/mol. The van der Waals surface area contributed by atoms with E-state index in [1.54, 1.807) is 6.92 Å². The van der Waals surface area contributed by atoms with Crippen molar-refractivity contribution in [2.24, 2.45) is 5.92 Å². The number of nitro groups is 2. The van der Waals surface area contributed by atoms with Crippen LogP contribution in [0, 0.1) is 26.1 Å². The topological polar surface area (TPSA) is 150 Å². The fourth-order valence-electron chi connectivity index (χ4n) is 3.20. The highest BCUT2D eigenvalue weighted by Crippen LogP contribution is 2.27. The van der Waals surface area contributed by atoms with E-state index in [4.69, 9.17) is 4.74 Å². The van der Waals surface area contributed by atoms with Gasteiger partial charge in [0.05, 0.1) is 21.3 Å². The SMILES string of the molecule is CCOC(=O)[C@H](CC(C)C)N(Cc1cccc([N+](=O)[O-])c1)S(=O)(=O)c1ccc([N+](=O)[O-])cc1. The normalized spacial score (nSPS) is 12.5. The van der Waals surface area contributed by atoms with Crippen molar-refractivity contribution in [3.63, 3.8) is 0 Å². The quantitative estimate of drug-likeness (QED) is 0.269. The van der Waals surface area contributed by atoms with Crippen LogP contribution in [-0.4, -0.2) is 41.2 Å². The molecule has 2 aromatic rings. The van der Waals surface area contributed by atoms with Gasteiger partial charge in [-0.2, -0.15) is 4.31 Å². The number of rotatable bonds is 11. The molecule has 0 N–H and O–H groups in total. The molecule has 0 radical (unpaired) electrons. The highest BCUT2D eigenvalue weighted by Gasteiger charge is 2.37. The molecule has 0 spiro atoms. The number of sulfonamides is 1. The van der Waals surface area contributed by atoms with Crippen LogP contribution in [0.5, 0.6) is 0 Å². The molecule has 0 aliphatic rings. The monoisotopic (exact) mass is 479 g/mol. The highest BCUT2D eigenvalue weighted by atomic mass is 32.2. The lowest BCUT2D eigenvalue weighted by Gasteiger charge is -2.30. The zero-order chi connectivity index (χ0) is 24.8. The summed E-state index contributed by atoms with van der Waals surface area (Å²) in [6.07, 6.45) is 0.139. The molecule has 0 aliphatic carbocycles. The largest absolute Gasteiger partial charge is 0.465 e. The fourth-order valence-corrected chi connectivity index (χ4v) is 4.78. The van der Waals surface area contributed by atoms with Crippen LogP contribution in [-0.2, 0) is 26.1 Å². The molecule has 2 rings (SSSR count). The van der Waals surface area contributed by atoms with E-state index in [1.807, 2.05) is 13.8 Å². The molecule has 12 heteroatoms. The number of ether oxygens (including phenoxy) is 1. The second-order valence-electron chi connectivity index (χ2n) is 7.63. The standard InChI is InChI=1S/C21H25N3O8S/c1-4-32-21(25)20(12-15(2)3)22(14-16-6-5-7-18(13-16)24(28)29)33(30,31)19-10-8-17(9-11-19)23(26)27/h5-11,13,15,20H,4,12,14H2,1-3H3/t20-/m0/s1. The van der Waals surface area contributed by atoms with Crippen molar-refractivity contribution >= 4 is 27.4 Å². The van der Waals surface area contributed by atoms with Gasteiger partial charge in [-0.05, 0) is 37.0 Å². The summed E-state index contributed by atoms with van der Waals surface area (Å²) in [4.78, 5) is 33.4. The molecular weight excluding hydrogens is 454 g/mol. The Morgan fingerprint density at radius 2 is 1.64 bits per heavy atom. The summed E-state index contributed by atoms with van der Waals surface area (Å²) in [5, 5.41) is 22.1. The number of benzene rings is 2. The van der Waals surface area contributed by atoms with E-state index in [-0.39, 0.29) is 41.8 Å². The Bertz CT molecular complexity index is 1120. The van der Waals surface area contributed by atoms with E-state index >= 15 is 0 Å². The van der Waals surface area contributed by atoms with Crippen molar-refractivity contribution in [1.29, 1.82) is 0 Å². The highest BCUT2D eigenvalue weighted by molar-refractivity contribution is 7.89. The van der Waals surface area contributed by atoms with E-state index in [0.29, 0.717) is 5.56 Å². The number of non-ortho nitro benzene ring substituents is 2. The third kappa shape index (κ3) is 6.56. The van der Waals surface area contributed by atoms with Crippen LogP contribution < -0.4 is 0 Å². The zero-order valence-corrected chi connectivity index (χ0v) is 19.2. The van der Waals surface area contributed by atoms with Crippen LogP contribution in [0.3, 0.4) is 0 Å². The molecule has 0 fully saturated rings. The molecule has 0 unspecified atom stereocenters. The van der Waals surface area contributed by atoms with E-state index in [1.165, 1.54) is 24.3 Å². The van der Waals surface area contributed by atoms with Crippen molar-refractivity contribution in [1.82, 2.24) is 4.31 Å². The molecule has 33 heavy (non-hydrogen) atoms. The van der Waals surface area contributed by atoms with Crippen molar-refractivity contribution in [2.45, 2.75) is 44.7 Å². The van der Waals surface area contributed by atoms with Crippen LogP contribution in [0.15, 0.2) is 53.4 Å². The number of nitrogens with zero attached hydrogens (tertiary/aromatic N) is 3. The summed E-state index contributed by atoms with van der Waals surface area (Å²) >= 11 is 0. The molecule has 1 atom stereocenters. The summed E-state index contributed by atoms with van der Waals surface area (Å²) < 4.78 is 33.2. The first-order chi connectivity index (χ1) is 15.5. The van der Waals surface area contributed by atoms with E-state index in [9.17, 15) is 33.4 Å². The second-order valence-corrected chi connectivity index (χ2v) is 9.52. The smallest absolute Gasteiger partial charge is 0.324 e. The van der Waals surface area contributed by atoms with Crippen LogP contribution in [0.1, 0.15) is 32.8 Å². The third-order valence-corrected chi connectivity index (χ3v) is 6.58. The van der Waals surface area contributed by atoms with Crippen molar-refractivity contribution in [3.8, 4) is 0 Å². The number of esters is 1. The van der Waals surface area contributed by atoms with Crippen LogP contribution >= 0.6 is 0 Å². The number of hydrogen-bond donors (Lipinski definition) is 0. The van der Waals surface area contributed by atoms with Gasteiger partial charge in [0.15, 0.2) is 0 Å². The minimum Gasteiger partial charge on any atom is -0.465 e. The molecule has 0 bridgehead atoms. The van der Waals surface area contributed by atoms with Gasteiger partial charge in [0.1, 0.15) is 6.04 Å². The van der Waals surface area contributed by atoms with Gasteiger partial charge in [0, 0.05) is 30.8 Å². The Morgan fingerprint density at radius 1 is 1.03 bits per heavy atom. The van der Waals surface area contributed by atoms with Crippen LogP contribution in [0.4, 0.5) is 11.4 Å². The molecule has 2 aromatic carbocycles. The minimum absolute atomic E-state index is 0.0374. The van der Waals surface area contributed by atoms with Gasteiger partial charge in [-0.1, -0.05) is 26.0 Å². The third-order valence-electron chi connectivity index (χ3n) is 4.71. The summed E-state index contributed by atoms with van der Waals surface area (Å²) in [5.74, 6) is -0.832. The van der Waals surface area contributed by atoms with Gasteiger partial charge in [-0.3, -0.25) is 25.0 Å². The number of nitro benzene ring substituents is 2. The summed E-state index contributed by atoms with van der Waals surface area (Å²) in [5.41, 5.74) is -0.215. The van der Waals surface area contributed by atoms with Crippen LogP contribution in [0.25, 0.3) is 0 Å². The van der Waals surface area contributed by atoms with Crippen LogP contribution in [0.2, 0.25) is 0 Å². The minimum atomic E-state index is -4.34. The van der Waals surface area contributed by atoms with E-state index in [0.717, 1.165) is 28.6 Å². The maximum absolute atomic E-state index is 13.6. The van der Waals surface area contributed by atoms with Crippen molar-refractivity contribution < 1.29 is 27.8 Å². The molecule has 0 saturated carbocycles. The van der Waals surface area contributed by atoms with Gasteiger partial charge in [-0.15, -0.1) is 0 Å². The fraction of sp³-hybridized carbons (Fsp3) is 0.381. The molecule has 0 amide bonds. The lowest BCUT2D eigenvalue weighted by Crippen LogP contribution is -2.46. The molecule has 0 saturated heterocycles. The van der Waals surface area contributed by atoms with Crippen molar-refractivity contribution in [2.75, 3.05) is 6.61 Å². The Labute approximate surface area is 191 Å². The first kappa shape index (κ1) is 25.9. The predicted octanol–water partition coefficient (Wildman–Crippen LogP) is 3.67. The molecule has 0 heterocycles. The van der Waals surface area contributed by atoms with Gasteiger partial charge >= 0.3 is 5.97 Å². The number of hydrogen-bond acceptors (Lipinski definition) is 8. The summed E-state index contributed by atoms with van der Waals surface area (Å²) in [6, 6.07) is 8.53. The lowest BCUT2D eigenvalue weighted by atomic mass is 10.0. The molecule has 0 aliphatic heterocycles. The maximum Gasteiger partial charge on any atom is 0.324 e. The first-order valence-corrected chi connectivity index (χ1v) is 11.6. The second kappa shape index (κ2) is 11.0. The van der Waals surface area contributed by atoms with Crippen molar-refractivity contribution in [3.05, 3.63) is 74.3 Å². The Morgan fingerprint density at radius 3 is 2.15 bits per heavy atom. The average Bonchev–Trinajstić information content (AvgIpc) is 2.76. The summed E-state index contributed by atoms with van der Waals surface area (Å²) in [6.45, 7) is 4.93. The maximum atomic E-state index is 13.6. The van der Waals surface area contributed by atoms with Gasteiger partial charge in [0.2, 0.25) is 10.0 Å². The summed E-state index contributed by atoms with van der Waals surface area (Å²) in [7, 11) is -4.34. The van der Waals surface area contributed by atoms with Gasteiger partial charge in [0.25, 0.3) is 11.4 Å². The molecule has 11 nitrogen and oxygen atoms in total. The Balaban J connectivity index is 2.60. The lowest BCUT2D eigenvalue weighted by molar-refractivity contribution is -0.385. The molecule has 0 aromatic heterocycles. The predicted molar refractivity (Wildman–Crippen MR) is 119 cm³/mol. The Kier molecular flexibility index (Phi) is 8.60. The van der Waals surface area contributed by atoms with E-state index < -0.39 is 31.9 Å². The van der Waals surface area contributed by atoms with Gasteiger partial charge < -0.3 is 4.74 Å². The van der Waals surface area contributed by atoms with E-state index in [2.05, 4.69) is 0 Å². The number of carbonyl (C=O) groups is 1. The molecule has 178 valence electrons. The zero-order valence-electron chi connectivity index (χ0n) is 18.4. The number of carbonyl (C=O) groups excluding carboxylic acids is 1. The molecular formula is C21H25N3O8S.